The maximum absolute atomic E-state index is 13.1. The first-order valence-electron chi connectivity index (χ1n) is 3.89. The third-order valence-corrected chi connectivity index (χ3v) is 1.81. The van der Waals surface area contributed by atoms with Crippen molar-refractivity contribution in [2.45, 2.75) is 0 Å². The Morgan fingerprint density at radius 3 is 3.00 bits per heavy atom. The van der Waals surface area contributed by atoms with E-state index in [4.69, 9.17) is 11.6 Å². The number of hydrogen-bond donors (Lipinski definition) is 1. The molecule has 0 spiro atoms. The second-order valence-electron chi connectivity index (χ2n) is 2.55. The molecular weight excluding hydrogens is 209 g/mol. The molecule has 0 radical (unpaired) electrons. The number of halogens is 2. The van der Waals surface area contributed by atoms with Crippen LogP contribution in [0.2, 0.25) is 5.02 Å². The molecular formula is C9H9ClFNO2. The van der Waals surface area contributed by atoms with Gasteiger partial charge in [-0.15, -0.1) is 0 Å². The fourth-order valence-corrected chi connectivity index (χ4v) is 1.04. The van der Waals surface area contributed by atoms with Gasteiger partial charge in [-0.05, 0) is 18.2 Å². The van der Waals surface area contributed by atoms with E-state index >= 15 is 0 Å². The predicted octanol–water partition coefficient (Wildman–Crippen LogP) is 2.06. The molecule has 0 bridgehead atoms. The number of nitrogens with one attached hydrogen (secondary N) is 1. The van der Waals surface area contributed by atoms with Gasteiger partial charge in [-0.2, -0.15) is 0 Å². The molecule has 0 atom stereocenters. The summed E-state index contributed by atoms with van der Waals surface area (Å²) in [4.78, 5) is 10.7. The van der Waals surface area contributed by atoms with Crippen LogP contribution in [0.3, 0.4) is 0 Å². The number of esters is 1. The Morgan fingerprint density at radius 2 is 2.36 bits per heavy atom. The molecule has 0 unspecified atom stereocenters. The average Bonchev–Trinajstić information content (AvgIpc) is 2.19. The number of hydrogen-bond acceptors (Lipinski definition) is 3. The van der Waals surface area contributed by atoms with Crippen molar-refractivity contribution in [2.75, 3.05) is 19.0 Å². The van der Waals surface area contributed by atoms with Gasteiger partial charge in [0.15, 0.2) is 0 Å². The predicted molar refractivity (Wildman–Crippen MR) is 51.9 cm³/mol. The molecule has 0 saturated carbocycles. The lowest BCUT2D eigenvalue weighted by Crippen LogP contribution is -2.15. The molecule has 1 aromatic rings. The van der Waals surface area contributed by atoms with Gasteiger partial charge in [0, 0.05) is 5.02 Å². The van der Waals surface area contributed by atoms with Crippen molar-refractivity contribution in [3.8, 4) is 0 Å². The smallest absolute Gasteiger partial charge is 0.325 e. The van der Waals surface area contributed by atoms with Gasteiger partial charge in [-0.25, -0.2) is 4.39 Å². The molecule has 14 heavy (non-hydrogen) atoms. The maximum Gasteiger partial charge on any atom is 0.325 e. The average molecular weight is 218 g/mol. The van der Waals surface area contributed by atoms with Gasteiger partial charge < -0.3 is 10.1 Å². The maximum atomic E-state index is 13.1. The van der Waals surface area contributed by atoms with E-state index in [2.05, 4.69) is 10.1 Å². The largest absolute Gasteiger partial charge is 0.468 e. The molecule has 1 rings (SSSR count). The summed E-state index contributed by atoms with van der Waals surface area (Å²) in [6.45, 7) is -0.0895. The van der Waals surface area contributed by atoms with Crippen molar-refractivity contribution >= 4 is 23.3 Å². The van der Waals surface area contributed by atoms with E-state index in [9.17, 15) is 9.18 Å². The second kappa shape index (κ2) is 4.81. The van der Waals surface area contributed by atoms with Crippen LogP contribution in [0, 0.1) is 5.82 Å². The molecule has 0 aliphatic heterocycles. The van der Waals surface area contributed by atoms with Crippen LogP contribution >= 0.6 is 11.6 Å². The number of benzene rings is 1. The zero-order valence-corrected chi connectivity index (χ0v) is 8.27. The highest BCUT2D eigenvalue weighted by Crippen LogP contribution is 2.18. The van der Waals surface area contributed by atoms with Crippen molar-refractivity contribution in [3.05, 3.63) is 29.0 Å². The first kappa shape index (κ1) is 10.8. The van der Waals surface area contributed by atoms with Crippen molar-refractivity contribution in [3.63, 3.8) is 0 Å². The van der Waals surface area contributed by atoms with Gasteiger partial charge in [0.2, 0.25) is 0 Å². The quantitative estimate of drug-likeness (QED) is 0.788. The van der Waals surface area contributed by atoms with Crippen LogP contribution in [0.4, 0.5) is 10.1 Å². The van der Waals surface area contributed by atoms with E-state index < -0.39 is 11.8 Å². The Hall–Kier alpha value is -1.29. The van der Waals surface area contributed by atoms with Crippen LogP contribution in [0.25, 0.3) is 0 Å². The Morgan fingerprint density at radius 1 is 1.64 bits per heavy atom. The third kappa shape index (κ3) is 2.88. The van der Waals surface area contributed by atoms with Gasteiger partial charge in [0.05, 0.1) is 12.8 Å². The zero-order chi connectivity index (χ0) is 10.6. The van der Waals surface area contributed by atoms with Crippen LogP contribution in [0.5, 0.6) is 0 Å². The summed E-state index contributed by atoms with van der Waals surface area (Å²) >= 11 is 5.64. The molecule has 76 valence electrons. The molecule has 0 aromatic heterocycles. The summed E-state index contributed by atoms with van der Waals surface area (Å²) in [6, 6.07) is 4.06. The highest BCUT2D eigenvalue weighted by molar-refractivity contribution is 6.30. The summed E-state index contributed by atoms with van der Waals surface area (Å²) in [6.07, 6.45) is 0. The summed E-state index contributed by atoms with van der Waals surface area (Å²) < 4.78 is 17.4. The standard InChI is InChI=1S/C9H9ClFNO2/c1-14-9(13)5-12-8-4-6(10)2-3-7(8)11/h2-4,12H,5H2,1H3. The fraction of sp³-hybridized carbons (Fsp3) is 0.222. The van der Waals surface area contributed by atoms with Crippen molar-refractivity contribution in [2.24, 2.45) is 0 Å². The van der Waals surface area contributed by atoms with Crippen molar-refractivity contribution < 1.29 is 13.9 Å². The number of ether oxygens (including phenoxy) is 1. The molecule has 0 amide bonds. The van der Waals surface area contributed by atoms with Crippen LogP contribution in [0.1, 0.15) is 0 Å². The molecule has 0 aliphatic rings. The van der Waals surface area contributed by atoms with Crippen LogP contribution in [-0.4, -0.2) is 19.6 Å². The van der Waals surface area contributed by atoms with Crippen LogP contribution in [-0.2, 0) is 9.53 Å². The van der Waals surface area contributed by atoms with E-state index in [1.807, 2.05) is 0 Å². The van der Waals surface area contributed by atoms with E-state index in [1.165, 1.54) is 25.3 Å². The van der Waals surface area contributed by atoms with E-state index in [1.54, 1.807) is 0 Å². The topological polar surface area (TPSA) is 38.3 Å². The molecule has 0 fully saturated rings. The van der Waals surface area contributed by atoms with E-state index in [0.717, 1.165) is 0 Å². The Labute approximate surface area is 85.8 Å². The highest BCUT2D eigenvalue weighted by atomic mass is 35.5. The summed E-state index contributed by atoms with van der Waals surface area (Å²) in [5.41, 5.74) is 0.183. The molecule has 0 saturated heterocycles. The number of carbonyl (C=O) groups excluding carboxylic acids is 1. The number of methoxy groups -OCH3 is 1. The zero-order valence-electron chi connectivity index (χ0n) is 7.51. The van der Waals surface area contributed by atoms with Crippen LogP contribution < -0.4 is 5.32 Å². The monoisotopic (exact) mass is 217 g/mol. The minimum atomic E-state index is -0.468. The van der Waals surface area contributed by atoms with Gasteiger partial charge in [-0.3, -0.25) is 4.79 Å². The molecule has 0 heterocycles. The third-order valence-electron chi connectivity index (χ3n) is 1.58. The summed E-state index contributed by atoms with van der Waals surface area (Å²) in [7, 11) is 1.26. The summed E-state index contributed by atoms with van der Waals surface area (Å²) in [5, 5.41) is 2.97. The molecule has 1 N–H and O–H groups in total. The van der Waals surface area contributed by atoms with Crippen molar-refractivity contribution in [1.82, 2.24) is 0 Å². The van der Waals surface area contributed by atoms with E-state index in [0.29, 0.717) is 5.02 Å². The SMILES string of the molecule is COC(=O)CNc1cc(Cl)ccc1F. The minimum absolute atomic E-state index is 0.0895. The lowest BCUT2D eigenvalue weighted by molar-refractivity contribution is -0.138. The van der Waals surface area contributed by atoms with Gasteiger partial charge >= 0.3 is 5.97 Å². The highest BCUT2D eigenvalue weighted by Gasteiger charge is 2.04. The van der Waals surface area contributed by atoms with Gasteiger partial charge in [0.25, 0.3) is 0 Å². The molecule has 3 nitrogen and oxygen atoms in total. The summed E-state index contributed by atoms with van der Waals surface area (Å²) in [5.74, 6) is -0.928. The molecule has 0 aliphatic carbocycles. The van der Waals surface area contributed by atoms with Gasteiger partial charge in [-0.1, -0.05) is 11.6 Å². The second-order valence-corrected chi connectivity index (χ2v) is 2.99. The number of carbonyl (C=O) groups is 1. The molecule has 1 aromatic carbocycles. The minimum Gasteiger partial charge on any atom is -0.468 e. The first-order chi connectivity index (χ1) is 6.63. The Kier molecular flexibility index (Phi) is 3.71. The number of rotatable bonds is 3. The fourth-order valence-electron chi connectivity index (χ4n) is 0.873. The lowest BCUT2D eigenvalue weighted by atomic mass is 10.3. The Balaban J connectivity index is 2.66. The van der Waals surface area contributed by atoms with E-state index in [-0.39, 0.29) is 12.2 Å². The van der Waals surface area contributed by atoms with Crippen LogP contribution in [0.15, 0.2) is 18.2 Å². The molecule has 5 heteroatoms. The Bertz CT molecular complexity index is 344. The van der Waals surface area contributed by atoms with Gasteiger partial charge in [0.1, 0.15) is 12.4 Å². The first-order valence-corrected chi connectivity index (χ1v) is 4.27. The lowest BCUT2D eigenvalue weighted by Gasteiger charge is -2.06. The normalized spacial score (nSPS) is 9.64. The number of anilines is 1. The van der Waals surface area contributed by atoms with Crippen molar-refractivity contribution in [1.29, 1.82) is 0 Å².